The van der Waals surface area contributed by atoms with Crippen molar-refractivity contribution in [2.75, 3.05) is 33.3 Å². The number of rotatable bonds is 6. The van der Waals surface area contributed by atoms with Crippen LogP contribution in [-0.2, 0) is 14.3 Å². The van der Waals surface area contributed by atoms with Gasteiger partial charge in [0.05, 0.1) is 12.6 Å². The largest absolute Gasteiger partial charge is 0.358 e. The molecule has 3 amide bonds. The molecule has 0 aromatic rings. The van der Waals surface area contributed by atoms with E-state index in [0.29, 0.717) is 13.0 Å². The summed E-state index contributed by atoms with van der Waals surface area (Å²) in [7, 11) is 6.50. The van der Waals surface area contributed by atoms with Gasteiger partial charge in [-0.2, -0.15) is 5.06 Å². The van der Waals surface area contributed by atoms with Crippen LogP contribution in [-0.4, -0.2) is 66.4 Å². The first-order valence-corrected chi connectivity index (χ1v) is 8.30. The molecule has 3 atom stereocenters. The number of carbonyl (C=O) groups excluding carboxylic acids is 2. The predicted molar refractivity (Wildman–Crippen MR) is 97.9 cm³/mol. The van der Waals surface area contributed by atoms with Crippen molar-refractivity contribution in [3.63, 3.8) is 0 Å². The van der Waals surface area contributed by atoms with Crippen LogP contribution in [0.2, 0.25) is 0 Å². The number of fused-ring (bicyclic) bond motifs is 2. The Labute approximate surface area is 184 Å². The summed E-state index contributed by atoms with van der Waals surface area (Å²) in [5.74, 6) is 0. The van der Waals surface area contributed by atoms with Crippen molar-refractivity contribution < 1.29 is 60.3 Å². The van der Waals surface area contributed by atoms with Gasteiger partial charge in [-0.05, 0) is 19.9 Å². The van der Waals surface area contributed by atoms with Crippen LogP contribution in [0.1, 0.15) is 26.7 Å². The average molecular weight is 510 g/mol. The number of likely N-dealkylation sites (N-methyl/N-ethyl adjacent to an activating group) is 1. The van der Waals surface area contributed by atoms with E-state index >= 15 is 0 Å². The van der Waals surface area contributed by atoms with E-state index in [9.17, 15) is 9.59 Å². The molecule has 0 aliphatic carbocycles. The SMILES string of the molecule is CC.CN(P)CCONC=O.O=C1N2CCCC(C2)N1OP.[CH3-].[Pr]. The van der Waals surface area contributed by atoms with Gasteiger partial charge in [0.25, 0.3) is 0 Å². The van der Waals surface area contributed by atoms with Crippen molar-refractivity contribution >= 4 is 31.3 Å². The van der Waals surface area contributed by atoms with Crippen molar-refractivity contribution in [2.24, 2.45) is 0 Å². The second-order valence-electron chi connectivity index (χ2n) is 4.52. The average Bonchev–Trinajstić information content (AvgIpc) is 2.75. The summed E-state index contributed by atoms with van der Waals surface area (Å²) in [5, 5.41) is 1.46. The molecule has 1 radical (unpaired) electrons. The fourth-order valence-electron chi connectivity index (χ4n) is 2.03. The normalized spacial score (nSPS) is 17.6. The molecule has 2 rings (SSSR count). The molecule has 0 aromatic heterocycles. The maximum atomic E-state index is 11.3. The summed E-state index contributed by atoms with van der Waals surface area (Å²) < 4.78 is 6.78. The van der Waals surface area contributed by atoms with E-state index in [1.54, 1.807) is 0 Å². The first-order chi connectivity index (χ1) is 10.6. The van der Waals surface area contributed by atoms with Gasteiger partial charge in [0.15, 0.2) is 0 Å². The van der Waals surface area contributed by atoms with Gasteiger partial charge in [-0.15, -0.1) is 0 Å². The molecule has 8 nitrogen and oxygen atoms in total. The summed E-state index contributed by atoms with van der Waals surface area (Å²) in [5.41, 5.74) is 2.09. The van der Waals surface area contributed by atoms with Gasteiger partial charge in [-0.3, -0.25) is 18.9 Å². The minimum Gasteiger partial charge on any atom is -0.358 e. The number of urea groups is 1. The number of hydrogen-bond acceptors (Lipinski definition) is 5. The third-order valence-corrected chi connectivity index (χ3v) is 3.46. The van der Waals surface area contributed by atoms with Gasteiger partial charge in [-0.25, -0.2) is 10.3 Å². The second-order valence-corrected chi connectivity index (χ2v) is 5.61. The van der Waals surface area contributed by atoms with Crippen LogP contribution in [0.25, 0.3) is 0 Å². The van der Waals surface area contributed by atoms with Gasteiger partial charge in [0.2, 0.25) is 6.41 Å². The molecular weight excluding hydrogens is 479 g/mol. The number of nitrogens with zero attached hydrogens (tertiary/aromatic N) is 3. The quantitative estimate of drug-likeness (QED) is 0.193. The van der Waals surface area contributed by atoms with Crippen LogP contribution >= 0.6 is 18.9 Å². The first kappa shape index (κ1) is 29.6. The van der Waals surface area contributed by atoms with E-state index in [-0.39, 0.29) is 60.8 Å². The monoisotopic (exact) mass is 510 g/mol. The molecule has 1 N–H and O–H groups in total. The minimum atomic E-state index is 0. The molecule has 11 heteroatoms. The topological polar surface area (TPSA) is 74.4 Å². The van der Waals surface area contributed by atoms with Crippen LogP contribution in [0.5, 0.6) is 0 Å². The maximum Gasteiger partial charge on any atom is 0.344 e. The zero-order valence-corrected chi connectivity index (χ0v) is 21.1. The standard InChI is InChI=1S/C6H11N2O2P.C4H11N2O2P.C2H6.CH3.Pr/c9-6-7-3-1-2-5(4-7)8(6)10-11;1-6(9)2-3-8-5-4-7;1-2;;/h5H,1-4,11H2;4H,2-3,9H2,1H3,(H,5,7);1-2H3;1H3;/q;;;-1;. The molecule has 2 fully saturated rings. The summed E-state index contributed by atoms with van der Waals surface area (Å²) in [4.78, 5) is 27.4. The Morgan fingerprint density at radius 2 is 2.08 bits per heavy atom. The molecule has 2 aliphatic heterocycles. The number of piperidine rings is 1. The van der Waals surface area contributed by atoms with Crippen molar-refractivity contribution in [3.8, 4) is 0 Å². The summed E-state index contributed by atoms with van der Waals surface area (Å²) in [6.45, 7) is 7.00. The van der Waals surface area contributed by atoms with E-state index in [2.05, 4.69) is 29.2 Å². The van der Waals surface area contributed by atoms with Crippen LogP contribution in [0, 0.1) is 48.7 Å². The van der Waals surface area contributed by atoms with Gasteiger partial charge >= 0.3 is 6.03 Å². The molecule has 0 saturated carbocycles. The van der Waals surface area contributed by atoms with E-state index in [1.165, 1.54) is 5.06 Å². The van der Waals surface area contributed by atoms with Crippen LogP contribution in [0.15, 0.2) is 0 Å². The Morgan fingerprint density at radius 1 is 1.46 bits per heavy atom. The number of hydroxylamine groups is 3. The molecule has 3 unspecified atom stereocenters. The summed E-state index contributed by atoms with van der Waals surface area (Å²) in [6, 6.07) is 0.302. The fourth-order valence-corrected chi connectivity index (χ4v) is 2.40. The van der Waals surface area contributed by atoms with Crippen LogP contribution in [0.4, 0.5) is 4.79 Å². The zero-order valence-electron chi connectivity index (χ0n) is 15.1. The zero-order chi connectivity index (χ0) is 17.0. The molecule has 2 aliphatic rings. The smallest absolute Gasteiger partial charge is 0.344 e. The van der Waals surface area contributed by atoms with Crippen molar-refractivity contribution in [3.05, 3.63) is 7.43 Å². The molecule has 0 spiro atoms. The Morgan fingerprint density at radius 3 is 2.54 bits per heavy atom. The number of amides is 3. The van der Waals surface area contributed by atoms with E-state index < -0.39 is 0 Å². The van der Waals surface area contributed by atoms with E-state index in [0.717, 1.165) is 32.5 Å². The third-order valence-electron chi connectivity index (χ3n) is 2.98. The molecule has 2 bridgehead atoms. The van der Waals surface area contributed by atoms with Gasteiger partial charge in [-0.1, -0.05) is 23.2 Å². The Hall–Kier alpha value is 0.844. The summed E-state index contributed by atoms with van der Waals surface area (Å²) in [6.07, 6.45) is 2.67. The Kier molecular flexibility index (Phi) is 23.0. The molecule has 2 heterocycles. The fraction of sp³-hybridized carbons (Fsp3) is 0.769. The number of hydrogen-bond donors (Lipinski definition) is 1. The van der Waals surface area contributed by atoms with Crippen LogP contribution < -0.4 is 5.48 Å². The number of carbonyl (C=O) groups is 2. The minimum absolute atomic E-state index is 0. The Balaban J connectivity index is -0.000000315. The molecule has 0 aromatic carbocycles. The molecule has 2 saturated heterocycles. The molecule has 24 heavy (non-hydrogen) atoms. The van der Waals surface area contributed by atoms with E-state index in [4.69, 9.17) is 4.62 Å². The van der Waals surface area contributed by atoms with Crippen molar-refractivity contribution in [1.29, 1.82) is 0 Å². The third kappa shape index (κ3) is 11.5. The maximum absolute atomic E-state index is 11.3. The van der Waals surface area contributed by atoms with Gasteiger partial charge in [0, 0.05) is 70.4 Å². The Bertz CT molecular complexity index is 330. The predicted octanol–water partition coefficient (Wildman–Crippen LogP) is 1.47. The second kappa shape index (κ2) is 18.6. The first-order valence-electron chi connectivity index (χ1n) is 7.32. The summed E-state index contributed by atoms with van der Waals surface area (Å²) >= 11 is 0. The van der Waals surface area contributed by atoms with E-state index in [1.807, 2.05) is 30.5 Å². The van der Waals surface area contributed by atoms with Crippen molar-refractivity contribution in [1.82, 2.24) is 20.1 Å². The van der Waals surface area contributed by atoms with Gasteiger partial charge < -0.3 is 12.3 Å². The van der Waals surface area contributed by atoms with Crippen molar-refractivity contribution in [2.45, 2.75) is 32.7 Å². The number of nitrogens with one attached hydrogen (secondary N) is 1. The van der Waals surface area contributed by atoms with Gasteiger partial charge in [0.1, 0.15) is 0 Å². The molecule has 141 valence electrons. The van der Waals surface area contributed by atoms with Crippen LogP contribution in [0.3, 0.4) is 0 Å². The molecular formula is C13H31N4O4P2Pr-.